The molecule has 1 aromatic rings. The Hall–Kier alpha value is -1.81. The van der Waals surface area contributed by atoms with Gasteiger partial charge in [-0.15, -0.1) is 0 Å². The van der Waals surface area contributed by atoms with Crippen LogP contribution in [0.15, 0.2) is 30.0 Å². The van der Waals surface area contributed by atoms with Crippen molar-refractivity contribution in [2.24, 2.45) is 10.8 Å². The first-order valence-electron chi connectivity index (χ1n) is 10.3. The van der Waals surface area contributed by atoms with Crippen LogP contribution in [0, 0.1) is 10.8 Å². The van der Waals surface area contributed by atoms with E-state index in [0.717, 1.165) is 34.6 Å². The fourth-order valence-electron chi connectivity index (χ4n) is 4.14. The van der Waals surface area contributed by atoms with Gasteiger partial charge in [-0.05, 0) is 52.9 Å². The molecule has 0 aliphatic carbocycles. The summed E-state index contributed by atoms with van der Waals surface area (Å²) in [5.41, 5.74) is 2.47. The molecule has 1 unspecified atom stereocenters. The van der Waals surface area contributed by atoms with Gasteiger partial charge in [-0.3, -0.25) is 9.59 Å². The zero-order valence-corrected chi connectivity index (χ0v) is 19.2. The van der Waals surface area contributed by atoms with Crippen LogP contribution in [0.25, 0.3) is 0 Å². The SMILES string of the molecule is CC(C)(C)CCc1ccc(C2(C)CC(=O)NC=C2C(C)(C)CCC(=O)O)cc1Cl. The van der Waals surface area contributed by atoms with Crippen LogP contribution in [-0.4, -0.2) is 17.0 Å². The van der Waals surface area contributed by atoms with E-state index in [4.69, 9.17) is 16.7 Å². The Balaban J connectivity index is 2.39. The number of carbonyl (C=O) groups is 2. The summed E-state index contributed by atoms with van der Waals surface area (Å²) in [4.78, 5) is 23.4. The van der Waals surface area contributed by atoms with E-state index in [-0.39, 0.29) is 23.2 Å². The van der Waals surface area contributed by atoms with Gasteiger partial charge in [0.2, 0.25) is 5.91 Å². The lowest BCUT2D eigenvalue weighted by Crippen LogP contribution is -2.43. The highest BCUT2D eigenvalue weighted by Gasteiger charge is 2.43. The van der Waals surface area contributed by atoms with Gasteiger partial charge in [0.15, 0.2) is 0 Å². The van der Waals surface area contributed by atoms with Gasteiger partial charge < -0.3 is 10.4 Å². The predicted octanol–water partition coefficient (Wildman–Crippen LogP) is 5.87. The number of hydrogen-bond acceptors (Lipinski definition) is 2. The third-order valence-electron chi connectivity index (χ3n) is 6.01. The van der Waals surface area contributed by atoms with Crippen molar-refractivity contribution < 1.29 is 14.7 Å². The second-order valence-corrected chi connectivity index (χ2v) is 10.7. The van der Waals surface area contributed by atoms with Crippen LogP contribution < -0.4 is 5.32 Å². The summed E-state index contributed by atoms with van der Waals surface area (Å²) >= 11 is 6.64. The fourth-order valence-corrected chi connectivity index (χ4v) is 4.41. The van der Waals surface area contributed by atoms with E-state index in [1.54, 1.807) is 6.20 Å². The monoisotopic (exact) mass is 419 g/mol. The molecule has 1 heterocycles. The summed E-state index contributed by atoms with van der Waals surface area (Å²) in [6.45, 7) is 12.8. The zero-order valence-electron chi connectivity index (χ0n) is 18.5. The normalized spacial score (nSPS) is 20.2. The molecule has 1 atom stereocenters. The zero-order chi connectivity index (χ0) is 22.0. The van der Waals surface area contributed by atoms with Crippen LogP contribution in [0.2, 0.25) is 5.02 Å². The Labute approximate surface area is 179 Å². The third-order valence-corrected chi connectivity index (χ3v) is 6.37. The van der Waals surface area contributed by atoms with Gasteiger partial charge in [0.25, 0.3) is 0 Å². The van der Waals surface area contributed by atoms with Crippen LogP contribution in [0.1, 0.15) is 78.4 Å². The Morgan fingerprint density at radius 2 is 1.86 bits per heavy atom. The van der Waals surface area contributed by atoms with Crippen LogP contribution >= 0.6 is 11.6 Å². The quantitative estimate of drug-likeness (QED) is 0.580. The second-order valence-electron chi connectivity index (χ2n) is 10.3. The van der Waals surface area contributed by atoms with Gasteiger partial charge in [-0.25, -0.2) is 0 Å². The Morgan fingerprint density at radius 1 is 1.21 bits per heavy atom. The first-order chi connectivity index (χ1) is 13.2. The topological polar surface area (TPSA) is 66.4 Å². The lowest BCUT2D eigenvalue weighted by atomic mass is 9.62. The van der Waals surface area contributed by atoms with Crippen molar-refractivity contribution in [1.29, 1.82) is 0 Å². The third kappa shape index (κ3) is 5.85. The molecule has 1 aliphatic heterocycles. The number of aryl methyl sites for hydroxylation is 1. The first-order valence-corrected chi connectivity index (χ1v) is 10.6. The van der Waals surface area contributed by atoms with Crippen molar-refractivity contribution in [3.8, 4) is 0 Å². The lowest BCUT2D eigenvalue weighted by Gasteiger charge is -2.43. The molecule has 1 aliphatic rings. The molecular weight excluding hydrogens is 386 g/mol. The lowest BCUT2D eigenvalue weighted by molar-refractivity contribution is -0.137. The van der Waals surface area contributed by atoms with E-state index in [0.29, 0.717) is 12.8 Å². The molecule has 0 spiro atoms. The van der Waals surface area contributed by atoms with Gasteiger partial charge in [-0.2, -0.15) is 0 Å². The number of hydrogen-bond donors (Lipinski definition) is 2. The van der Waals surface area contributed by atoms with Crippen LogP contribution in [0.4, 0.5) is 0 Å². The Bertz CT molecular complexity index is 820. The molecule has 0 radical (unpaired) electrons. The van der Waals surface area contributed by atoms with E-state index in [1.165, 1.54) is 0 Å². The van der Waals surface area contributed by atoms with E-state index in [9.17, 15) is 9.59 Å². The fraction of sp³-hybridized carbons (Fsp3) is 0.583. The molecule has 1 amide bonds. The standard InChI is InChI=1S/C24H34ClNO3/c1-22(2,3)11-9-16-7-8-17(13-18(16)25)24(6)14-20(27)26-15-19(24)23(4,5)12-10-21(28)29/h7-8,13,15H,9-12,14H2,1-6H3,(H,26,27)(H,28,29). The molecule has 2 rings (SSSR count). The number of halogens is 1. The number of rotatable bonds is 7. The predicted molar refractivity (Wildman–Crippen MR) is 118 cm³/mol. The van der Waals surface area contributed by atoms with Gasteiger partial charge in [0.05, 0.1) is 0 Å². The van der Waals surface area contributed by atoms with Crippen molar-refractivity contribution in [1.82, 2.24) is 5.32 Å². The summed E-state index contributed by atoms with van der Waals surface area (Å²) in [5.74, 6) is -0.857. The van der Waals surface area contributed by atoms with E-state index in [2.05, 4.69) is 45.1 Å². The molecule has 0 saturated carbocycles. The minimum atomic E-state index is -0.813. The number of carboxylic acids is 1. The molecule has 4 nitrogen and oxygen atoms in total. The summed E-state index contributed by atoms with van der Waals surface area (Å²) in [5, 5.41) is 12.7. The maximum absolute atomic E-state index is 12.3. The van der Waals surface area contributed by atoms with Gasteiger partial charge in [0.1, 0.15) is 0 Å². The minimum Gasteiger partial charge on any atom is -0.481 e. The van der Waals surface area contributed by atoms with Crippen molar-refractivity contribution in [2.75, 3.05) is 0 Å². The van der Waals surface area contributed by atoms with E-state index in [1.807, 2.05) is 19.9 Å². The smallest absolute Gasteiger partial charge is 0.303 e. The van der Waals surface area contributed by atoms with Crippen LogP contribution in [0.5, 0.6) is 0 Å². The number of aliphatic carboxylic acids is 1. The van der Waals surface area contributed by atoms with Crippen molar-refractivity contribution >= 4 is 23.5 Å². The number of nitrogens with one attached hydrogen (secondary N) is 1. The van der Waals surface area contributed by atoms with E-state index < -0.39 is 11.4 Å². The number of carbonyl (C=O) groups excluding carboxylic acids is 1. The van der Waals surface area contributed by atoms with Gasteiger partial charge in [-0.1, -0.05) is 65.3 Å². The number of carboxylic acid groups (broad SMARTS) is 1. The van der Waals surface area contributed by atoms with Gasteiger partial charge >= 0.3 is 5.97 Å². The number of amides is 1. The molecule has 5 heteroatoms. The molecule has 0 bridgehead atoms. The molecule has 0 aromatic heterocycles. The van der Waals surface area contributed by atoms with Crippen molar-refractivity contribution in [3.05, 3.63) is 46.1 Å². The maximum Gasteiger partial charge on any atom is 0.303 e. The summed E-state index contributed by atoms with van der Waals surface area (Å²) < 4.78 is 0. The van der Waals surface area contributed by atoms with Crippen LogP contribution in [-0.2, 0) is 21.4 Å². The van der Waals surface area contributed by atoms with Gasteiger partial charge in [0, 0.05) is 29.5 Å². The van der Waals surface area contributed by atoms with Crippen LogP contribution in [0.3, 0.4) is 0 Å². The average Bonchev–Trinajstić information content (AvgIpc) is 2.58. The molecule has 29 heavy (non-hydrogen) atoms. The molecular formula is C24H34ClNO3. The number of benzene rings is 1. The first kappa shape index (κ1) is 23.5. The summed E-state index contributed by atoms with van der Waals surface area (Å²) in [7, 11) is 0. The molecule has 1 aromatic carbocycles. The Kier molecular flexibility index (Phi) is 6.89. The largest absolute Gasteiger partial charge is 0.481 e. The highest BCUT2D eigenvalue weighted by Crippen LogP contribution is 2.48. The Morgan fingerprint density at radius 3 is 2.41 bits per heavy atom. The summed E-state index contributed by atoms with van der Waals surface area (Å²) in [6, 6.07) is 6.13. The molecule has 0 fully saturated rings. The second kappa shape index (κ2) is 8.51. The average molecular weight is 420 g/mol. The highest BCUT2D eigenvalue weighted by atomic mass is 35.5. The van der Waals surface area contributed by atoms with Crippen molar-refractivity contribution in [3.63, 3.8) is 0 Å². The van der Waals surface area contributed by atoms with E-state index >= 15 is 0 Å². The molecule has 160 valence electrons. The summed E-state index contributed by atoms with van der Waals surface area (Å²) in [6.07, 6.45) is 4.62. The maximum atomic E-state index is 12.3. The molecule has 2 N–H and O–H groups in total. The van der Waals surface area contributed by atoms with Crippen molar-refractivity contribution in [2.45, 2.75) is 79.1 Å². The highest BCUT2D eigenvalue weighted by molar-refractivity contribution is 6.31. The number of allylic oxidation sites excluding steroid dienone is 1. The molecule has 0 saturated heterocycles. The minimum absolute atomic E-state index is 0.0433.